The lowest BCUT2D eigenvalue weighted by atomic mass is 9.97. The molecule has 1 aromatic rings. The van der Waals surface area contributed by atoms with E-state index in [4.69, 9.17) is 0 Å². The van der Waals surface area contributed by atoms with Crippen molar-refractivity contribution >= 4 is 0 Å². The van der Waals surface area contributed by atoms with Crippen LogP contribution in [0.25, 0.3) is 0 Å². The summed E-state index contributed by atoms with van der Waals surface area (Å²) < 4.78 is 2.36. The number of hydrogen-bond donors (Lipinski definition) is 1. The van der Waals surface area contributed by atoms with Gasteiger partial charge in [0.25, 0.3) is 0 Å². The van der Waals surface area contributed by atoms with Crippen molar-refractivity contribution in [3.05, 3.63) is 18.2 Å². The van der Waals surface area contributed by atoms with Gasteiger partial charge >= 0.3 is 0 Å². The summed E-state index contributed by atoms with van der Waals surface area (Å²) in [5.41, 5.74) is 1.39. The Morgan fingerprint density at radius 1 is 1.37 bits per heavy atom. The largest absolute Gasteiger partial charge is 0.333 e. The van der Waals surface area contributed by atoms with Gasteiger partial charge in [-0.3, -0.25) is 0 Å². The van der Waals surface area contributed by atoms with Crippen LogP contribution in [-0.2, 0) is 6.54 Å². The molecule has 0 bridgehead atoms. The van der Waals surface area contributed by atoms with Crippen molar-refractivity contribution in [3.8, 4) is 0 Å². The van der Waals surface area contributed by atoms with E-state index in [-0.39, 0.29) is 0 Å². The molecule has 1 aliphatic heterocycles. The van der Waals surface area contributed by atoms with Crippen LogP contribution >= 0.6 is 0 Å². The monoisotopic (exact) mass is 263 g/mol. The van der Waals surface area contributed by atoms with Crippen molar-refractivity contribution in [2.24, 2.45) is 5.92 Å². The third-order valence-electron chi connectivity index (χ3n) is 4.15. The molecule has 1 aliphatic rings. The lowest BCUT2D eigenvalue weighted by Crippen LogP contribution is -2.35. The smallest absolute Gasteiger partial charge is 0.0948 e. The van der Waals surface area contributed by atoms with E-state index >= 15 is 0 Å². The Hall–Kier alpha value is -0.830. The Bertz CT molecular complexity index is 370. The number of nitrogens with one attached hydrogen (secondary N) is 1. The number of unbranched alkanes of at least 4 members (excludes halogenated alkanes) is 1. The number of imidazole rings is 1. The fourth-order valence-corrected chi connectivity index (χ4v) is 3.01. The van der Waals surface area contributed by atoms with E-state index in [0.29, 0.717) is 12.1 Å². The predicted molar refractivity (Wildman–Crippen MR) is 80.1 cm³/mol. The van der Waals surface area contributed by atoms with Crippen molar-refractivity contribution in [1.29, 1.82) is 0 Å². The van der Waals surface area contributed by atoms with E-state index in [0.717, 1.165) is 12.5 Å². The summed E-state index contributed by atoms with van der Waals surface area (Å²) in [7, 11) is 0. The highest BCUT2D eigenvalue weighted by atomic mass is 15.1. The summed E-state index contributed by atoms with van der Waals surface area (Å²) in [6.45, 7) is 8.01. The Labute approximate surface area is 117 Å². The minimum atomic E-state index is 0.511. The summed E-state index contributed by atoms with van der Waals surface area (Å²) in [5, 5.41) is 3.71. The van der Waals surface area contributed by atoms with E-state index in [9.17, 15) is 0 Å². The lowest BCUT2D eigenvalue weighted by Gasteiger charge is -2.29. The fourth-order valence-electron chi connectivity index (χ4n) is 3.01. The average molecular weight is 263 g/mol. The SMILES string of the molecule is CC(C)CCCCn1cncc1C1CCCC(C)N1. The minimum absolute atomic E-state index is 0.511. The summed E-state index contributed by atoms with van der Waals surface area (Å²) in [6.07, 6.45) is 11.9. The molecular formula is C16H29N3. The normalized spacial score (nSPS) is 24.0. The number of aryl methyl sites for hydroxylation is 1. The van der Waals surface area contributed by atoms with Gasteiger partial charge in [0.15, 0.2) is 0 Å². The Balaban J connectivity index is 1.86. The van der Waals surface area contributed by atoms with Crippen molar-refractivity contribution < 1.29 is 0 Å². The van der Waals surface area contributed by atoms with Crippen LogP contribution < -0.4 is 5.32 Å². The van der Waals surface area contributed by atoms with Crippen LogP contribution in [0.3, 0.4) is 0 Å². The number of piperidine rings is 1. The van der Waals surface area contributed by atoms with Crippen molar-refractivity contribution in [1.82, 2.24) is 14.9 Å². The molecule has 1 fully saturated rings. The number of hydrogen-bond acceptors (Lipinski definition) is 2. The molecule has 2 rings (SSSR count). The van der Waals surface area contributed by atoms with E-state index in [1.807, 2.05) is 6.33 Å². The number of aromatic nitrogens is 2. The molecule has 0 saturated carbocycles. The number of rotatable bonds is 6. The zero-order valence-electron chi connectivity index (χ0n) is 12.7. The molecule has 19 heavy (non-hydrogen) atoms. The van der Waals surface area contributed by atoms with Gasteiger partial charge in [-0.25, -0.2) is 4.98 Å². The summed E-state index contributed by atoms with van der Waals surface area (Å²) in [4.78, 5) is 4.36. The molecule has 0 aliphatic carbocycles. The quantitative estimate of drug-likeness (QED) is 0.789. The first-order chi connectivity index (χ1) is 9.16. The van der Waals surface area contributed by atoms with Gasteiger partial charge < -0.3 is 9.88 Å². The van der Waals surface area contributed by atoms with Gasteiger partial charge in [-0.05, 0) is 38.5 Å². The Morgan fingerprint density at radius 3 is 2.95 bits per heavy atom. The van der Waals surface area contributed by atoms with Crippen LogP contribution in [0.1, 0.15) is 71.0 Å². The fraction of sp³-hybridized carbons (Fsp3) is 0.812. The molecule has 3 heteroatoms. The van der Waals surface area contributed by atoms with E-state index < -0.39 is 0 Å². The van der Waals surface area contributed by atoms with E-state index in [1.165, 1.54) is 44.2 Å². The standard InChI is InChI=1S/C16H29N3/c1-13(2)7-4-5-10-19-12-17-11-16(19)15-9-6-8-14(3)18-15/h11-15,18H,4-10H2,1-3H3. The van der Waals surface area contributed by atoms with Crippen molar-refractivity contribution in [2.75, 3.05) is 0 Å². The highest BCUT2D eigenvalue weighted by molar-refractivity contribution is 5.07. The van der Waals surface area contributed by atoms with Crippen molar-refractivity contribution in [2.45, 2.75) is 77.9 Å². The van der Waals surface area contributed by atoms with Gasteiger partial charge in [0, 0.05) is 24.8 Å². The topological polar surface area (TPSA) is 29.9 Å². The highest BCUT2D eigenvalue weighted by Gasteiger charge is 2.21. The van der Waals surface area contributed by atoms with Crippen LogP contribution in [0.5, 0.6) is 0 Å². The van der Waals surface area contributed by atoms with E-state index in [1.54, 1.807) is 0 Å². The second-order valence-corrected chi connectivity index (χ2v) is 6.45. The first-order valence-electron chi connectivity index (χ1n) is 7.93. The maximum absolute atomic E-state index is 4.36. The second-order valence-electron chi connectivity index (χ2n) is 6.45. The van der Waals surface area contributed by atoms with Crippen molar-refractivity contribution in [3.63, 3.8) is 0 Å². The summed E-state index contributed by atoms with van der Waals surface area (Å²) in [5.74, 6) is 0.822. The summed E-state index contributed by atoms with van der Waals surface area (Å²) in [6, 6.07) is 1.15. The van der Waals surface area contributed by atoms with Gasteiger partial charge in [-0.1, -0.05) is 26.7 Å². The molecule has 108 valence electrons. The highest BCUT2D eigenvalue weighted by Crippen LogP contribution is 2.25. The third kappa shape index (κ3) is 4.34. The third-order valence-corrected chi connectivity index (χ3v) is 4.15. The van der Waals surface area contributed by atoms with Crippen LogP contribution in [0.15, 0.2) is 12.5 Å². The Kier molecular flexibility index (Phi) is 5.44. The molecule has 0 spiro atoms. The van der Waals surface area contributed by atoms with Gasteiger partial charge in [0.1, 0.15) is 0 Å². The minimum Gasteiger partial charge on any atom is -0.333 e. The average Bonchev–Trinajstić information content (AvgIpc) is 2.83. The molecular weight excluding hydrogens is 234 g/mol. The van der Waals surface area contributed by atoms with Crippen LogP contribution in [0.2, 0.25) is 0 Å². The molecule has 3 nitrogen and oxygen atoms in total. The first kappa shape index (κ1) is 14.6. The Morgan fingerprint density at radius 2 is 2.21 bits per heavy atom. The van der Waals surface area contributed by atoms with Gasteiger partial charge in [-0.15, -0.1) is 0 Å². The first-order valence-corrected chi connectivity index (χ1v) is 7.93. The maximum Gasteiger partial charge on any atom is 0.0948 e. The van der Waals surface area contributed by atoms with Gasteiger partial charge in [0.05, 0.1) is 12.0 Å². The van der Waals surface area contributed by atoms with Gasteiger partial charge in [0.2, 0.25) is 0 Å². The molecule has 2 heterocycles. The zero-order chi connectivity index (χ0) is 13.7. The molecule has 1 saturated heterocycles. The molecule has 2 unspecified atom stereocenters. The predicted octanol–water partition coefficient (Wildman–Crippen LogP) is 3.91. The lowest BCUT2D eigenvalue weighted by molar-refractivity contribution is 0.328. The molecule has 0 aromatic carbocycles. The molecule has 2 atom stereocenters. The van der Waals surface area contributed by atoms with Crippen LogP contribution in [-0.4, -0.2) is 15.6 Å². The van der Waals surface area contributed by atoms with E-state index in [2.05, 4.69) is 41.8 Å². The zero-order valence-corrected chi connectivity index (χ0v) is 12.7. The summed E-state index contributed by atoms with van der Waals surface area (Å²) >= 11 is 0. The van der Waals surface area contributed by atoms with Gasteiger partial charge in [-0.2, -0.15) is 0 Å². The molecule has 1 N–H and O–H groups in total. The maximum atomic E-state index is 4.36. The number of nitrogens with zero attached hydrogens (tertiary/aromatic N) is 2. The molecule has 1 aromatic heterocycles. The van der Waals surface area contributed by atoms with Crippen LogP contribution in [0.4, 0.5) is 0 Å². The van der Waals surface area contributed by atoms with Crippen LogP contribution in [0, 0.1) is 5.92 Å². The second kappa shape index (κ2) is 7.09. The molecule has 0 amide bonds. The molecule has 0 radical (unpaired) electrons.